The molecule has 0 unspecified atom stereocenters. The van der Waals surface area contributed by atoms with Crippen molar-refractivity contribution in [1.82, 2.24) is 14.1 Å². The van der Waals surface area contributed by atoms with Crippen LogP contribution in [0.3, 0.4) is 0 Å². The molecule has 39 heavy (non-hydrogen) atoms. The first-order chi connectivity index (χ1) is 18.8. The van der Waals surface area contributed by atoms with E-state index in [-0.39, 0.29) is 6.54 Å². The van der Waals surface area contributed by atoms with Crippen molar-refractivity contribution in [3.05, 3.63) is 98.7 Å². The molecule has 0 bridgehead atoms. The minimum Gasteiger partial charge on any atom is -0.493 e. The molecule has 5 aromatic rings. The standard InChI is InChI=1S/C31H33N5O3/c1-19(2)18-39-24-11-7-10-23(15-24)26-25(16-32)28(34-29-27(26)30(37)36(4)31(38)35(29)3)33-17-20-12-13-21-8-5-6-9-22(21)14-20/h5-15,19H,16-18,32H2,1-4H3,(H,33,34). The van der Waals surface area contributed by atoms with E-state index in [1.54, 1.807) is 7.05 Å². The van der Waals surface area contributed by atoms with Gasteiger partial charge in [0.1, 0.15) is 11.6 Å². The maximum atomic E-state index is 13.5. The average molecular weight is 524 g/mol. The molecule has 0 fully saturated rings. The van der Waals surface area contributed by atoms with Gasteiger partial charge in [0.15, 0.2) is 5.65 Å². The van der Waals surface area contributed by atoms with E-state index in [0.29, 0.717) is 52.8 Å². The number of ether oxygens (including phenoxy) is 1. The van der Waals surface area contributed by atoms with Gasteiger partial charge in [-0.2, -0.15) is 0 Å². The van der Waals surface area contributed by atoms with E-state index < -0.39 is 11.2 Å². The van der Waals surface area contributed by atoms with E-state index in [2.05, 4.69) is 49.5 Å². The van der Waals surface area contributed by atoms with Crippen LogP contribution in [-0.2, 0) is 27.2 Å². The highest BCUT2D eigenvalue weighted by Gasteiger charge is 2.22. The topological polar surface area (TPSA) is 104 Å². The highest BCUT2D eigenvalue weighted by Crippen LogP contribution is 2.35. The van der Waals surface area contributed by atoms with Gasteiger partial charge in [-0.1, -0.05) is 62.4 Å². The van der Waals surface area contributed by atoms with Crippen molar-refractivity contribution in [2.24, 2.45) is 25.7 Å². The molecule has 0 spiro atoms. The van der Waals surface area contributed by atoms with Crippen LogP contribution in [0, 0.1) is 5.92 Å². The summed E-state index contributed by atoms with van der Waals surface area (Å²) in [4.78, 5) is 31.1. The number of fused-ring (bicyclic) bond motifs is 2. The quantitative estimate of drug-likeness (QED) is 0.309. The molecule has 200 valence electrons. The van der Waals surface area contributed by atoms with Crippen molar-refractivity contribution in [1.29, 1.82) is 0 Å². The van der Waals surface area contributed by atoms with Crippen molar-refractivity contribution in [3.63, 3.8) is 0 Å². The number of anilines is 1. The number of nitrogens with zero attached hydrogens (tertiary/aromatic N) is 3. The SMILES string of the molecule is CC(C)COc1cccc(-c2c(CN)c(NCc3ccc4ccccc4c3)nc3c2c(=O)n(C)c(=O)n3C)c1. The molecular weight excluding hydrogens is 490 g/mol. The third-order valence-electron chi connectivity index (χ3n) is 6.87. The molecule has 5 rings (SSSR count). The first-order valence-electron chi connectivity index (χ1n) is 13.1. The summed E-state index contributed by atoms with van der Waals surface area (Å²) in [6.45, 7) is 5.38. The molecule has 0 atom stereocenters. The number of pyridine rings is 1. The molecule has 0 amide bonds. The van der Waals surface area contributed by atoms with Crippen molar-refractivity contribution < 1.29 is 4.74 Å². The van der Waals surface area contributed by atoms with Crippen LogP contribution >= 0.6 is 0 Å². The number of hydrogen-bond acceptors (Lipinski definition) is 6. The molecule has 2 heterocycles. The Balaban J connectivity index is 1.68. The maximum Gasteiger partial charge on any atom is 0.332 e. The van der Waals surface area contributed by atoms with Crippen LogP contribution in [0.4, 0.5) is 5.82 Å². The summed E-state index contributed by atoms with van der Waals surface area (Å²) >= 11 is 0. The highest BCUT2D eigenvalue weighted by molar-refractivity contribution is 5.97. The lowest BCUT2D eigenvalue weighted by atomic mass is 9.96. The number of nitrogens with two attached hydrogens (primary N) is 1. The number of nitrogens with one attached hydrogen (secondary N) is 1. The van der Waals surface area contributed by atoms with Gasteiger partial charge in [0, 0.05) is 38.3 Å². The van der Waals surface area contributed by atoms with E-state index in [9.17, 15) is 9.59 Å². The van der Waals surface area contributed by atoms with Crippen LogP contribution in [0.15, 0.2) is 76.3 Å². The number of aryl methyl sites for hydroxylation is 1. The third-order valence-corrected chi connectivity index (χ3v) is 6.87. The van der Waals surface area contributed by atoms with Crippen molar-refractivity contribution in [2.75, 3.05) is 11.9 Å². The molecule has 0 aliphatic carbocycles. The first-order valence-corrected chi connectivity index (χ1v) is 13.1. The molecule has 2 aromatic heterocycles. The Labute approximate surface area is 226 Å². The van der Waals surface area contributed by atoms with Gasteiger partial charge in [-0.15, -0.1) is 0 Å². The molecule has 0 saturated carbocycles. The van der Waals surface area contributed by atoms with Crippen LogP contribution in [-0.4, -0.2) is 20.7 Å². The van der Waals surface area contributed by atoms with Gasteiger partial charge in [-0.25, -0.2) is 9.78 Å². The second kappa shape index (κ2) is 10.7. The number of hydrogen-bond donors (Lipinski definition) is 2. The molecule has 0 aliphatic rings. The van der Waals surface area contributed by atoms with Gasteiger partial charge in [0.05, 0.1) is 12.0 Å². The molecule has 0 aliphatic heterocycles. The smallest absolute Gasteiger partial charge is 0.332 e. The normalized spacial score (nSPS) is 11.4. The molecule has 3 N–H and O–H groups in total. The lowest BCUT2D eigenvalue weighted by Crippen LogP contribution is -2.38. The largest absolute Gasteiger partial charge is 0.493 e. The molecule has 8 nitrogen and oxygen atoms in total. The second-order valence-corrected chi connectivity index (χ2v) is 10.2. The van der Waals surface area contributed by atoms with Gasteiger partial charge in [0.25, 0.3) is 5.56 Å². The summed E-state index contributed by atoms with van der Waals surface area (Å²) in [7, 11) is 3.10. The number of benzene rings is 3. The van der Waals surface area contributed by atoms with Crippen LogP contribution in [0.2, 0.25) is 0 Å². The predicted molar refractivity (Wildman–Crippen MR) is 157 cm³/mol. The Kier molecular flexibility index (Phi) is 7.21. The Morgan fingerprint density at radius 1 is 0.949 bits per heavy atom. The van der Waals surface area contributed by atoms with E-state index in [1.807, 2.05) is 36.4 Å². The Morgan fingerprint density at radius 3 is 2.46 bits per heavy atom. The van der Waals surface area contributed by atoms with Crippen LogP contribution in [0.1, 0.15) is 25.0 Å². The van der Waals surface area contributed by atoms with E-state index >= 15 is 0 Å². The third kappa shape index (κ3) is 5.03. The number of aromatic nitrogens is 3. The van der Waals surface area contributed by atoms with Gasteiger partial charge in [-0.05, 0) is 46.0 Å². The summed E-state index contributed by atoms with van der Waals surface area (Å²) in [6.07, 6.45) is 0. The zero-order valence-electron chi connectivity index (χ0n) is 22.7. The highest BCUT2D eigenvalue weighted by atomic mass is 16.5. The lowest BCUT2D eigenvalue weighted by molar-refractivity contribution is 0.271. The maximum absolute atomic E-state index is 13.5. The zero-order valence-corrected chi connectivity index (χ0v) is 22.7. The van der Waals surface area contributed by atoms with Crippen LogP contribution in [0.5, 0.6) is 5.75 Å². The van der Waals surface area contributed by atoms with Gasteiger partial charge < -0.3 is 15.8 Å². The fourth-order valence-electron chi connectivity index (χ4n) is 4.83. The van der Waals surface area contributed by atoms with E-state index in [4.69, 9.17) is 15.5 Å². The second-order valence-electron chi connectivity index (χ2n) is 10.2. The summed E-state index contributed by atoms with van der Waals surface area (Å²) in [6, 6.07) is 22.1. The molecule has 0 saturated heterocycles. The Hall–Kier alpha value is -4.43. The summed E-state index contributed by atoms with van der Waals surface area (Å²) in [5.41, 5.74) is 8.95. The Morgan fingerprint density at radius 2 is 1.72 bits per heavy atom. The average Bonchev–Trinajstić information content (AvgIpc) is 2.95. The predicted octanol–water partition coefficient (Wildman–Crippen LogP) is 4.56. The fourth-order valence-corrected chi connectivity index (χ4v) is 4.83. The van der Waals surface area contributed by atoms with Crippen molar-refractivity contribution in [3.8, 4) is 16.9 Å². The molecule has 3 aromatic carbocycles. The van der Waals surface area contributed by atoms with E-state index in [1.165, 1.54) is 17.0 Å². The minimum atomic E-state index is -0.444. The van der Waals surface area contributed by atoms with E-state index in [0.717, 1.165) is 21.1 Å². The summed E-state index contributed by atoms with van der Waals surface area (Å²) in [5.74, 6) is 1.59. The monoisotopic (exact) mass is 523 g/mol. The van der Waals surface area contributed by atoms with Gasteiger partial charge >= 0.3 is 5.69 Å². The van der Waals surface area contributed by atoms with Gasteiger partial charge in [0.2, 0.25) is 0 Å². The van der Waals surface area contributed by atoms with Crippen LogP contribution < -0.4 is 27.0 Å². The van der Waals surface area contributed by atoms with Crippen molar-refractivity contribution in [2.45, 2.75) is 26.9 Å². The summed E-state index contributed by atoms with van der Waals surface area (Å²) < 4.78 is 8.49. The first kappa shape index (κ1) is 26.2. The van der Waals surface area contributed by atoms with Gasteiger partial charge in [-0.3, -0.25) is 13.9 Å². The lowest BCUT2D eigenvalue weighted by Gasteiger charge is -2.19. The molecule has 0 radical (unpaired) electrons. The minimum absolute atomic E-state index is 0.140. The molecular formula is C31H33N5O3. The van der Waals surface area contributed by atoms with Crippen LogP contribution in [0.25, 0.3) is 32.9 Å². The fraction of sp³-hybridized carbons (Fsp3) is 0.258. The van der Waals surface area contributed by atoms with Crippen molar-refractivity contribution >= 4 is 27.6 Å². The summed E-state index contributed by atoms with van der Waals surface area (Å²) in [5, 5.41) is 6.09. The number of rotatable bonds is 8. The molecule has 8 heteroatoms. The zero-order chi connectivity index (χ0) is 27.7. The Bertz CT molecular complexity index is 1800.